The fourth-order valence-corrected chi connectivity index (χ4v) is 3.20. The van der Waals surface area contributed by atoms with Gasteiger partial charge in [-0.15, -0.1) is 0 Å². The Hall–Kier alpha value is -1.65. The first kappa shape index (κ1) is 15.7. The van der Waals surface area contributed by atoms with Crippen LogP contribution in [0.2, 0.25) is 0 Å². The van der Waals surface area contributed by atoms with Crippen LogP contribution in [0.15, 0.2) is 18.2 Å². The summed E-state index contributed by atoms with van der Waals surface area (Å²) in [5.74, 6) is 0.0266. The fourth-order valence-electron chi connectivity index (χ4n) is 3.20. The number of benzene rings is 1. The number of hydrogen-bond donors (Lipinski definition) is 1. The first-order chi connectivity index (χ1) is 10.1. The van der Waals surface area contributed by atoms with E-state index in [-0.39, 0.29) is 0 Å². The van der Waals surface area contributed by atoms with Gasteiger partial charge in [-0.25, -0.2) is 0 Å². The molecule has 1 aliphatic carbocycles. The smallest absolute Gasteiger partial charge is 0.306 e. The van der Waals surface area contributed by atoms with E-state index in [1.54, 1.807) is 6.07 Å². The summed E-state index contributed by atoms with van der Waals surface area (Å²) in [6, 6.07) is 4.37. The summed E-state index contributed by atoms with van der Waals surface area (Å²) in [5, 5.41) is 14.1. The van der Waals surface area contributed by atoms with Crippen molar-refractivity contribution in [1.29, 1.82) is 0 Å². The highest BCUT2D eigenvalue weighted by molar-refractivity contribution is 5.52. The third-order valence-electron chi connectivity index (χ3n) is 4.30. The van der Waals surface area contributed by atoms with Crippen LogP contribution in [-0.2, 0) is 0 Å². The van der Waals surface area contributed by atoms with E-state index >= 15 is 0 Å². The Bertz CT molecular complexity index is 493. The molecule has 21 heavy (non-hydrogen) atoms. The van der Waals surface area contributed by atoms with Crippen LogP contribution in [0.3, 0.4) is 0 Å². The zero-order chi connectivity index (χ0) is 15.2. The minimum absolute atomic E-state index is 0.330. The molecule has 116 valence electrons. The summed E-state index contributed by atoms with van der Waals surface area (Å²) in [5.41, 5.74) is 0.180. The Morgan fingerprint density at radius 1 is 1.33 bits per heavy atom. The maximum Gasteiger partial charge on any atom is 0.306 e. The number of nitro groups is 1. The van der Waals surface area contributed by atoms with Gasteiger partial charge in [0.1, 0.15) is 0 Å². The number of hydrogen-bond acceptors (Lipinski definition) is 3. The lowest BCUT2D eigenvalue weighted by molar-refractivity contribution is -0.387. The third kappa shape index (κ3) is 4.41. The Morgan fingerprint density at radius 3 is 2.86 bits per heavy atom. The van der Waals surface area contributed by atoms with Crippen molar-refractivity contribution in [1.82, 2.24) is 0 Å². The zero-order valence-corrected chi connectivity index (χ0v) is 12.5. The predicted molar refractivity (Wildman–Crippen MR) is 81.9 cm³/mol. The quantitative estimate of drug-likeness (QED) is 0.477. The Labute approximate surface area is 124 Å². The number of halogens is 1. The molecule has 0 radical (unpaired) electrons. The molecule has 5 heteroatoms. The van der Waals surface area contributed by atoms with Crippen molar-refractivity contribution >= 4 is 11.4 Å². The molecule has 2 atom stereocenters. The first-order valence-corrected chi connectivity index (χ1v) is 7.80. The highest BCUT2D eigenvalue weighted by Gasteiger charge is 2.20. The Balaban J connectivity index is 1.98. The van der Waals surface area contributed by atoms with Gasteiger partial charge in [-0.05, 0) is 37.3 Å². The molecule has 1 aromatic carbocycles. The molecule has 2 unspecified atom stereocenters. The van der Waals surface area contributed by atoms with E-state index in [9.17, 15) is 14.5 Å². The molecule has 1 saturated carbocycles. The van der Waals surface area contributed by atoms with E-state index in [0.717, 1.165) is 24.8 Å². The second-order valence-electron chi connectivity index (χ2n) is 5.93. The van der Waals surface area contributed by atoms with Crippen LogP contribution in [0.5, 0.6) is 0 Å². The first-order valence-electron chi connectivity index (χ1n) is 7.80. The van der Waals surface area contributed by atoms with Gasteiger partial charge in [0.2, 0.25) is 5.82 Å². The van der Waals surface area contributed by atoms with Gasteiger partial charge in [0, 0.05) is 17.8 Å². The number of nitrogens with zero attached hydrogens (tertiary/aromatic N) is 1. The lowest BCUT2D eigenvalue weighted by Gasteiger charge is -2.18. The Morgan fingerprint density at radius 2 is 2.14 bits per heavy atom. The van der Waals surface area contributed by atoms with Crippen LogP contribution in [0.25, 0.3) is 0 Å². The molecule has 0 amide bonds. The molecular formula is C16H23FN2O2. The van der Waals surface area contributed by atoms with E-state index in [1.807, 2.05) is 0 Å². The summed E-state index contributed by atoms with van der Waals surface area (Å²) in [7, 11) is 0. The zero-order valence-electron chi connectivity index (χ0n) is 12.5. The summed E-state index contributed by atoms with van der Waals surface area (Å²) in [4.78, 5) is 10.1. The normalized spacial score (nSPS) is 22.6. The van der Waals surface area contributed by atoms with Crippen molar-refractivity contribution in [2.45, 2.75) is 57.9 Å². The summed E-state index contributed by atoms with van der Waals surface area (Å²) in [6.45, 7) is 2.22. The van der Waals surface area contributed by atoms with Crippen LogP contribution in [-0.4, -0.2) is 11.0 Å². The van der Waals surface area contributed by atoms with E-state index < -0.39 is 16.4 Å². The Kier molecular flexibility index (Phi) is 5.53. The maximum atomic E-state index is 13.3. The van der Waals surface area contributed by atoms with Crippen molar-refractivity contribution in [3.63, 3.8) is 0 Å². The van der Waals surface area contributed by atoms with Crippen molar-refractivity contribution in [2.24, 2.45) is 5.92 Å². The highest BCUT2D eigenvalue weighted by Crippen LogP contribution is 2.29. The van der Waals surface area contributed by atoms with Gasteiger partial charge < -0.3 is 5.32 Å². The van der Waals surface area contributed by atoms with Crippen molar-refractivity contribution < 1.29 is 9.31 Å². The van der Waals surface area contributed by atoms with E-state index in [0.29, 0.717) is 11.7 Å². The van der Waals surface area contributed by atoms with Gasteiger partial charge in [0.05, 0.1) is 4.92 Å². The topological polar surface area (TPSA) is 55.2 Å². The summed E-state index contributed by atoms with van der Waals surface area (Å²) in [6.07, 6.45) is 8.33. The maximum absolute atomic E-state index is 13.3. The molecule has 1 aliphatic rings. The van der Waals surface area contributed by atoms with Crippen LogP contribution in [0.4, 0.5) is 15.8 Å². The number of nitrogens with one attached hydrogen (secondary N) is 1. The summed E-state index contributed by atoms with van der Waals surface area (Å²) >= 11 is 0. The predicted octanol–water partition coefficient (Wildman–Crippen LogP) is 4.89. The van der Waals surface area contributed by atoms with E-state index in [2.05, 4.69) is 12.2 Å². The molecule has 1 aromatic rings. The van der Waals surface area contributed by atoms with Gasteiger partial charge in [0.25, 0.3) is 0 Å². The molecular weight excluding hydrogens is 271 g/mol. The largest absolute Gasteiger partial charge is 0.382 e. The van der Waals surface area contributed by atoms with Gasteiger partial charge in [0.15, 0.2) is 0 Å². The average molecular weight is 294 g/mol. The number of nitro benzene ring substituents is 1. The molecule has 1 fully saturated rings. The van der Waals surface area contributed by atoms with Crippen molar-refractivity contribution in [3.8, 4) is 0 Å². The van der Waals surface area contributed by atoms with Crippen LogP contribution in [0.1, 0.15) is 51.9 Å². The lowest BCUT2D eigenvalue weighted by atomic mass is 9.95. The molecule has 4 nitrogen and oxygen atoms in total. The van der Waals surface area contributed by atoms with Crippen LogP contribution in [0, 0.1) is 21.8 Å². The molecule has 1 N–H and O–H groups in total. The van der Waals surface area contributed by atoms with Crippen molar-refractivity contribution in [3.05, 3.63) is 34.1 Å². The molecule has 0 spiro atoms. The van der Waals surface area contributed by atoms with E-state index in [4.69, 9.17) is 0 Å². The highest BCUT2D eigenvalue weighted by atomic mass is 19.1. The van der Waals surface area contributed by atoms with Gasteiger partial charge in [-0.2, -0.15) is 4.39 Å². The van der Waals surface area contributed by atoms with Crippen LogP contribution >= 0.6 is 0 Å². The van der Waals surface area contributed by atoms with Gasteiger partial charge in [-0.3, -0.25) is 10.1 Å². The minimum atomic E-state index is -0.783. The molecule has 2 rings (SSSR count). The standard InChI is InChI=1S/C16H23FN2O2/c1-2-4-12-5-3-6-13(8-7-12)18-14-9-10-15(17)16(11-14)19(20)21/h9-13,18H,2-8H2,1H3. The second-order valence-corrected chi connectivity index (χ2v) is 5.93. The number of anilines is 1. The SMILES string of the molecule is CCCC1CCCC(Nc2ccc(F)c([N+](=O)[O-])c2)CC1. The molecule has 0 aromatic heterocycles. The summed E-state index contributed by atoms with van der Waals surface area (Å²) < 4.78 is 13.3. The van der Waals surface area contributed by atoms with E-state index in [1.165, 1.54) is 38.2 Å². The lowest BCUT2D eigenvalue weighted by Crippen LogP contribution is -2.18. The monoisotopic (exact) mass is 294 g/mol. The van der Waals surface area contributed by atoms with Gasteiger partial charge >= 0.3 is 5.69 Å². The molecule has 0 bridgehead atoms. The van der Waals surface area contributed by atoms with Crippen LogP contribution < -0.4 is 5.32 Å². The second kappa shape index (κ2) is 7.38. The molecule has 0 aliphatic heterocycles. The molecule has 0 saturated heterocycles. The fraction of sp³-hybridized carbons (Fsp3) is 0.625. The molecule has 0 heterocycles. The third-order valence-corrected chi connectivity index (χ3v) is 4.30. The minimum Gasteiger partial charge on any atom is -0.382 e. The average Bonchev–Trinajstić information content (AvgIpc) is 2.67. The van der Waals surface area contributed by atoms with Crippen molar-refractivity contribution in [2.75, 3.05) is 5.32 Å². The van der Waals surface area contributed by atoms with Gasteiger partial charge in [-0.1, -0.05) is 32.6 Å². The number of rotatable bonds is 5.